The third-order valence-corrected chi connectivity index (χ3v) is 2.97. The third-order valence-electron chi connectivity index (χ3n) is 1.77. The summed E-state index contributed by atoms with van der Waals surface area (Å²) in [6, 6.07) is -2.06. The molecule has 0 aromatic carbocycles. The minimum Gasteiger partial charge on any atom is -0.480 e. The van der Waals surface area contributed by atoms with E-state index < -0.39 is 46.4 Å². The fraction of sp³-hybridized carbons (Fsp3) is 0.714. The van der Waals surface area contributed by atoms with Gasteiger partial charge >= 0.3 is 27.5 Å². The van der Waals surface area contributed by atoms with Crippen molar-refractivity contribution in [1.29, 1.82) is 0 Å². The van der Waals surface area contributed by atoms with Gasteiger partial charge in [-0.15, -0.1) is 0 Å². The second-order valence-corrected chi connectivity index (χ2v) is 4.78. The first-order valence-electron chi connectivity index (χ1n) is 4.39. The van der Waals surface area contributed by atoms with Crippen LogP contribution in [0, 0.1) is 0 Å². The molecule has 0 aromatic rings. The number of halogens is 3. The zero-order valence-electron chi connectivity index (χ0n) is 9.02. The summed E-state index contributed by atoms with van der Waals surface area (Å²) >= 11 is 0. The minimum atomic E-state index is -5.78. The number of aliphatic carboxylic acids is 1. The zero-order valence-corrected chi connectivity index (χ0v) is 9.84. The Morgan fingerprint density at radius 3 is 2.22 bits per heavy atom. The topological polar surface area (TPSA) is 110 Å². The monoisotopic (exact) mass is 293 g/mol. The number of esters is 1. The van der Waals surface area contributed by atoms with Gasteiger partial charge in [0.25, 0.3) is 0 Å². The summed E-state index contributed by atoms with van der Waals surface area (Å²) in [5.74, 6) is -2.70. The fourth-order valence-electron chi connectivity index (χ4n) is 0.851. The molecule has 0 fully saturated rings. The van der Waals surface area contributed by atoms with E-state index in [0.29, 0.717) is 0 Å². The average Bonchev–Trinajstić information content (AvgIpc) is 2.21. The number of carboxylic acids is 1. The number of alkyl halides is 3. The summed E-state index contributed by atoms with van der Waals surface area (Å²) < 4.78 is 62.4. The van der Waals surface area contributed by atoms with E-state index in [1.807, 2.05) is 0 Å². The number of methoxy groups -OCH3 is 1. The lowest BCUT2D eigenvalue weighted by Crippen LogP contribution is -2.46. The zero-order chi connectivity index (χ0) is 14.6. The van der Waals surface area contributed by atoms with Gasteiger partial charge in [-0.2, -0.15) is 17.9 Å². The molecule has 18 heavy (non-hydrogen) atoms. The number of ether oxygens (including phenoxy) is 1. The number of carboxylic acid groups (broad SMARTS) is 1. The lowest BCUT2D eigenvalue weighted by molar-refractivity contribution is -0.142. The average molecular weight is 293 g/mol. The quantitative estimate of drug-likeness (QED) is 0.658. The lowest BCUT2D eigenvalue weighted by Gasteiger charge is -2.15. The predicted octanol–water partition coefficient (Wildman–Crippen LogP) is -0.168. The molecule has 0 heterocycles. The van der Waals surface area contributed by atoms with E-state index in [2.05, 4.69) is 4.74 Å². The maximum atomic E-state index is 12.0. The highest BCUT2D eigenvalue weighted by molar-refractivity contribution is 7.90. The Kier molecular flexibility index (Phi) is 5.55. The van der Waals surface area contributed by atoms with Crippen LogP contribution >= 0.6 is 0 Å². The molecule has 0 saturated heterocycles. The molecule has 0 aliphatic carbocycles. The van der Waals surface area contributed by atoms with Crippen molar-refractivity contribution in [2.45, 2.75) is 24.4 Å². The van der Waals surface area contributed by atoms with Crippen LogP contribution in [0.1, 0.15) is 12.8 Å². The summed E-state index contributed by atoms with van der Waals surface area (Å²) in [5, 5.41) is 8.54. The van der Waals surface area contributed by atoms with Gasteiger partial charge in [0.1, 0.15) is 6.04 Å². The largest absolute Gasteiger partial charge is 0.511 e. The number of nitrogens with one attached hydrogen (secondary N) is 1. The van der Waals surface area contributed by atoms with Crippen LogP contribution in [0.4, 0.5) is 13.2 Å². The molecule has 1 atom stereocenters. The molecule has 0 aliphatic rings. The first-order chi connectivity index (χ1) is 8.01. The highest BCUT2D eigenvalue weighted by Crippen LogP contribution is 2.22. The van der Waals surface area contributed by atoms with Crippen LogP contribution in [-0.4, -0.2) is 44.1 Å². The minimum absolute atomic E-state index is 0.534. The second kappa shape index (κ2) is 6.00. The van der Waals surface area contributed by atoms with Crippen molar-refractivity contribution >= 4 is 22.0 Å². The second-order valence-electron chi connectivity index (χ2n) is 3.07. The van der Waals surface area contributed by atoms with Gasteiger partial charge in [-0.1, -0.05) is 0 Å². The van der Waals surface area contributed by atoms with Gasteiger partial charge in [0.2, 0.25) is 0 Å². The molecule has 0 saturated carbocycles. The van der Waals surface area contributed by atoms with E-state index >= 15 is 0 Å². The number of sulfonamides is 1. The van der Waals surface area contributed by atoms with Crippen molar-refractivity contribution in [3.8, 4) is 0 Å². The van der Waals surface area contributed by atoms with Gasteiger partial charge in [0.05, 0.1) is 7.11 Å². The van der Waals surface area contributed by atoms with Crippen LogP contribution in [0.3, 0.4) is 0 Å². The molecule has 0 aromatic heterocycles. The van der Waals surface area contributed by atoms with E-state index in [-0.39, 0.29) is 0 Å². The molecule has 0 rings (SSSR count). The van der Waals surface area contributed by atoms with E-state index in [4.69, 9.17) is 5.11 Å². The standard InChI is InChI=1S/C7H10F3NO6S/c1-17-5(12)3-2-4(6(13)14)11-18(15,16)7(8,9)10/h4,11H,2-3H2,1H3,(H,13,14)/t4-/m1/s1. The molecule has 0 amide bonds. The van der Waals surface area contributed by atoms with Crippen molar-refractivity contribution in [3.05, 3.63) is 0 Å². The third kappa shape index (κ3) is 4.87. The van der Waals surface area contributed by atoms with Crippen LogP contribution in [0.15, 0.2) is 0 Å². The summed E-state index contributed by atoms with van der Waals surface area (Å²) in [7, 11) is -4.78. The van der Waals surface area contributed by atoms with Gasteiger partial charge in [-0.3, -0.25) is 9.59 Å². The van der Waals surface area contributed by atoms with Gasteiger partial charge in [0.15, 0.2) is 0 Å². The van der Waals surface area contributed by atoms with Crippen LogP contribution in [0.25, 0.3) is 0 Å². The molecule has 11 heteroatoms. The van der Waals surface area contributed by atoms with Crippen molar-refractivity contribution in [1.82, 2.24) is 4.72 Å². The first kappa shape index (κ1) is 16.6. The summed E-state index contributed by atoms with van der Waals surface area (Å²) in [6.45, 7) is 0. The highest BCUT2D eigenvalue weighted by atomic mass is 32.2. The maximum absolute atomic E-state index is 12.0. The van der Waals surface area contributed by atoms with Gasteiger partial charge < -0.3 is 9.84 Å². The molecule has 7 nitrogen and oxygen atoms in total. The Balaban J connectivity index is 4.76. The molecule has 0 bridgehead atoms. The van der Waals surface area contributed by atoms with E-state index in [9.17, 15) is 31.2 Å². The van der Waals surface area contributed by atoms with E-state index in [0.717, 1.165) is 11.8 Å². The molecular formula is C7H10F3NO6S. The highest BCUT2D eigenvalue weighted by Gasteiger charge is 2.47. The van der Waals surface area contributed by atoms with Crippen molar-refractivity contribution in [3.63, 3.8) is 0 Å². The number of carbonyl (C=O) groups is 2. The Morgan fingerprint density at radius 1 is 1.39 bits per heavy atom. The number of hydrogen-bond donors (Lipinski definition) is 2. The fourth-order valence-corrected chi connectivity index (χ4v) is 1.58. The van der Waals surface area contributed by atoms with Crippen molar-refractivity contribution < 1.29 is 41.0 Å². The van der Waals surface area contributed by atoms with E-state index in [1.165, 1.54) is 0 Å². The maximum Gasteiger partial charge on any atom is 0.511 e. The number of rotatable bonds is 6. The van der Waals surface area contributed by atoms with Crippen LogP contribution in [-0.2, 0) is 24.3 Å². The Bertz CT molecular complexity index is 417. The summed E-state index contributed by atoms with van der Waals surface area (Å²) in [4.78, 5) is 21.2. The number of carbonyl (C=O) groups excluding carboxylic acids is 1. The summed E-state index contributed by atoms with van der Waals surface area (Å²) in [5.41, 5.74) is -5.62. The summed E-state index contributed by atoms with van der Waals surface area (Å²) in [6.07, 6.45) is -1.19. The molecule has 0 unspecified atom stereocenters. The molecule has 0 aliphatic heterocycles. The Morgan fingerprint density at radius 2 is 1.89 bits per heavy atom. The number of hydrogen-bond acceptors (Lipinski definition) is 5. The van der Waals surface area contributed by atoms with Gasteiger partial charge in [-0.05, 0) is 6.42 Å². The van der Waals surface area contributed by atoms with Gasteiger partial charge in [0, 0.05) is 6.42 Å². The van der Waals surface area contributed by atoms with Crippen molar-refractivity contribution in [2.75, 3.05) is 7.11 Å². The Hall–Kier alpha value is -1.36. The van der Waals surface area contributed by atoms with Crippen LogP contribution < -0.4 is 4.72 Å². The molecule has 106 valence electrons. The molecule has 0 spiro atoms. The Labute approximate surface area is 100.0 Å². The molecule has 0 radical (unpaired) electrons. The molecular weight excluding hydrogens is 283 g/mol. The lowest BCUT2D eigenvalue weighted by atomic mass is 10.2. The van der Waals surface area contributed by atoms with Crippen LogP contribution in [0.5, 0.6) is 0 Å². The van der Waals surface area contributed by atoms with E-state index in [1.54, 1.807) is 0 Å². The first-order valence-corrected chi connectivity index (χ1v) is 5.88. The predicted molar refractivity (Wildman–Crippen MR) is 50.8 cm³/mol. The normalized spacial score (nSPS) is 14.0. The van der Waals surface area contributed by atoms with Crippen LogP contribution in [0.2, 0.25) is 0 Å². The smallest absolute Gasteiger partial charge is 0.480 e. The van der Waals surface area contributed by atoms with Crippen molar-refractivity contribution in [2.24, 2.45) is 0 Å². The molecule has 2 N–H and O–H groups in total. The van der Waals surface area contributed by atoms with Gasteiger partial charge in [-0.25, -0.2) is 8.42 Å². The SMILES string of the molecule is COC(=O)CC[C@@H](NS(=O)(=O)C(F)(F)F)C(=O)O.